The largest absolute Gasteiger partial charge is 0.336 e. The summed E-state index contributed by atoms with van der Waals surface area (Å²) >= 11 is 6.07. The molecule has 1 amide bonds. The van der Waals surface area contributed by atoms with Crippen LogP contribution in [0.3, 0.4) is 0 Å². The third-order valence-electron chi connectivity index (χ3n) is 4.50. The van der Waals surface area contributed by atoms with Crippen LogP contribution in [0.4, 0.5) is 0 Å². The average molecular weight is 393 g/mol. The molecule has 7 heteroatoms. The highest BCUT2D eigenvalue weighted by Crippen LogP contribution is 2.24. The predicted molar refractivity (Wildman–Crippen MR) is 101 cm³/mol. The molecular formula is C19H21ClN2O3S. The molecule has 0 aromatic heterocycles. The fraction of sp³-hybridized carbons (Fsp3) is 0.316. The maximum atomic E-state index is 13.0. The normalized spacial score (nSPS) is 18.9. The summed E-state index contributed by atoms with van der Waals surface area (Å²) in [6.07, 6.45) is 0. The lowest BCUT2D eigenvalue weighted by atomic mass is 10.1. The number of alkyl halides is 1. The summed E-state index contributed by atoms with van der Waals surface area (Å²) in [6.45, 7) is 2.43. The van der Waals surface area contributed by atoms with Gasteiger partial charge in [0.25, 0.3) is 0 Å². The van der Waals surface area contributed by atoms with Gasteiger partial charge < -0.3 is 4.90 Å². The van der Waals surface area contributed by atoms with E-state index in [4.69, 9.17) is 11.6 Å². The van der Waals surface area contributed by atoms with E-state index in [-0.39, 0.29) is 29.8 Å². The average Bonchev–Trinajstić information content (AvgIpc) is 2.64. The number of hydrogen-bond acceptors (Lipinski definition) is 3. The first-order chi connectivity index (χ1) is 12.4. The van der Waals surface area contributed by atoms with Crippen LogP contribution in [-0.4, -0.2) is 48.5 Å². The van der Waals surface area contributed by atoms with Crippen LogP contribution in [0, 0.1) is 6.92 Å². The number of carbonyl (C=O) groups excluding carboxylic acids is 1. The Labute approximate surface area is 159 Å². The quantitative estimate of drug-likeness (QED) is 0.735. The number of carbonyl (C=O) groups is 1. The van der Waals surface area contributed by atoms with Gasteiger partial charge in [0.2, 0.25) is 15.9 Å². The van der Waals surface area contributed by atoms with Crippen LogP contribution in [0.15, 0.2) is 59.5 Å². The van der Waals surface area contributed by atoms with Crippen molar-refractivity contribution >= 4 is 27.5 Å². The third kappa shape index (κ3) is 3.92. The highest BCUT2D eigenvalue weighted by atomic mass is 35.5. The molecule has 2 aromatic rings. The lowest BCUT2D eigenvalue weighted by molar-refractivity contribution is -0.136. The Morgan fingerprint density at radius 3 is 2.35 bits per heavy atom. The summed E-state index contributed by atoms with van der Waals surface area (Å²) in [4.78, 5) is 14.4. The minimum Gasteiger partial charge on any atom is -0.336 e. The zero-order chi connectivity index (χ0) is 18.7. The molecule has 1 atom stereocenters. The maximum absolute atomic E-state index is 13.0. The molecule has 1 aliphatic heterocycles. The van der Waals surface area contributed by atoms with Gasteiger partial charge >= 0.3 is 0 Å². The summed E-state index contributed by atoms with van der Waals surface area (Å²) in [5, 5.41) is 0. The molecule has 0 bridgehead atoms. The van der Waals surface area contributed by atoms with E-state index in [0.29, 0.717) is 6.54 Å². The number of halogens is 1. The van der Waals surface area contributed by atoms with E-state index in [1.54, 1.807) is 29.2 Å². The number of amides is 1. The van der Waals surface area contributed by atoms with Crippen molar-refractivity contribution < 1.29 is 13.2 Å². The minimum atomic E-state index is -3.77. The van der Waals surface area contributed by atoms with Gasteiger partial charge in [-0.05, 0) is 24.6 Å². The zero-order valence-electron chi connectivity index (χ0n) is 14.5. The topological polar surface area (TPSA) is 57.7 Å². The van der Waals surface area contributed by atoms with Crippen molar-refractivity contribution in [2.45, 2.75) is 24.4 Å². The number of nitrogens with zero attached hydrogens (tertiary/aromatic N) is 2. The monoisotopic (exact) mass is 392 g/mol. The molecule has 26 heavy (non-hydrogen) atoms. The first-order valence-electron chi connectivity index (χ1n) is 8.38. The second-order valence-electron chi connectivity index (χ2n) is 6.43. The van der Waals surface area contributed by atoms with Crippen LogP contribution in [0.2, 0.25) is 0 Å². The van der Waals surface area contributed by atoms with Crippen LogP contribution in [-0.2, 0) is 21.4 Å². The predicted octanol–water partition coefficient (Wildman–Crippen LogP) is 2.64. The van der Waals surface area contributed by atoms with E-state index in [9.17, 15) is 13.2 Å². The molecule has 1 aliphatic rings. The van der Waals surface area contributed by atoms with Crippen molar-refractivity contribution in [2.75, 3.05) is 19.0 Å². The number of rotatable bonds is 5. The van der Waals surface area contributed by atoms with Gasteiger partial charge in [-0.15, -0.1) is 11.6 Å². The van der Waals surface area contributed by atoms with Crippen LogP contribution in [0.1, 0.15) is 11.1 Å². The number of sulfonamides is 1. The van der Waals surface area contributed by atoms with Gasteiger partial charge in [0, 0.05) is 19.0 Å². The Morgan fingerprint density at radius 1 is 1.08 bits per heavy atom. The fourth-order valence-corrected chi connectivity index (χ4v) is 4.93. The van der Waals surface area contributed by atoms with Crippen LogP contribution in [0.5, 0.6) is 0 Å². The van der Waals surface area contributed by atoms with Gasteiger partial charge in [-0.2, -0.15) is 4.31 Å². The van der Waals surface area contributed by atoms with Crippen LogP contribution < -0.4 is 0 Å². The van der Waals surface area contributed by atoms with Gasteiger partial charge in [-0.1, -0.05) is 48.0 Å². The summed E-state index contributed by atoms with van der Waals surface area (Å²) in [5.74, 6) is -0.0881. The van der Waals surface area contributed by atoms with E-state index in [1.807, 2.05) is 37.3 Å². The van der Waals surface area contributed by atoms with Crippen molar-refractivity contribution in [3.63, 3.8) is 0 Å². The second-order valence-corrected chi connectivity index (χ2v) is 8.63. The number of hydrogen-bond donors (Lipinski definition) is 0. The second kappa shape index (κ2) is 7.78. The van der Waals surface area contributed by atoms with Crippen molar-refractivity contribution in [1.82, 2.24) is 9.21 Å². The van der Waals surface area contributed by atoms with Gasteiger partial charge in [0.05, 0.1) is 17.5 Å². The van der Waals surface area contributed by atoms with Gasteiger partial charge in [-0.25, -0.2) is 8.42 Å². The molecule has 5 nitrogen and oxygen atoms in total. The third-order valence-corrected chi connectivity index (χ3v) is 6.77. The molecule has 138 valence electrons. The number of piperazine rings is 1. The fourth-order valence-electron chi connectivity index (χ4n) is 3.02. The molecular weight excluding hydrogens is 372 g/mol. The lowest BCUT2D eigenvalue weighted by Gasteiger charge is -2.39. The SMILES string of the molecule is Cc1ccc(S(=O)(=O)N2CC(=O)N(Cc3ccccc3)C[C@@H]2CCl)cc1. The Kier molecular flexibility index (Phi) is 5.65. The molecule has 0 unspecified atom stereocenters. The molecule has 1 saturated heterocycles. The molecule has 1 fully saturated rings. The van der Waals surface area contributed by atoms with Crippen LogP contribution in [0.25, 0.3) is 0 Å². The first kappa shape index (κ1) is 18.9. The van der Waals surface area contributed by atoms with E-state index in [0.717, 1.165) is 11.1 Å². The summed E-state index contributed by atoms with van der Waals surface area (Å²) in [7, 11) is -3.77. The first-order valence-corrected chi connectivity index (χ1v) is 10.4. The minimum absolute atomic E-state index is 0.129. The van der Waals surface area contributed by atoms with Crippen molar-refractivity contribution in [3.05, 3.63) is 65.7 Å². The van der Waals surface area contributed by atoms with Crippen LogP contribution >= 0.6 is 11.6 Å². The van der Waals surface area contributed by atoms with E-state index in [1.165, 1.54) is 4.31 Å². The standard InChI is InChI=1S/C19H21ClN2O3S/c1-15-7-9-18(10-8-15)26(24,25)22-14-19(23)21(13-17(22)11-20)12-16-5-3-2-4-6-16/h2-10,17H,11-14H2,1H3/t17-/m0/s1. The Morgan fingerprint density at radius 2 is 1.73 bits per heavy atom. The molecule has 1 heterocycles. The van der Waals surface area contributed by atoms with Gasteiger partial charge in [-0.3, -0.25) is 4.79 Å². The molecule has 0 spiro atoms. The van der Waals surface area contributed by atoms with Gasteiger partial charge in [0.15, 0.2) is 0 Å². The summed E-state index contributed by atoms with van der Waals surface area (Å²) in [6, 6.07) is 15.8. The molecule has 0 radical (unpaired) electrons. The van der Waals surface area contributed by atoms with Gasteiger partial charge in [0.1, 0.15) is 0 Å². The molecule has 0 saturated carbocycles. The van der Waals surface area contributed by atoms with Crippen molar-refractivity contribution in [3.8, 4) is 0 Å². The lowest BCUT2D eigenvalue weighted by Crippen LogP contribution is -2.58. The smallest absolute Gasteiger partial charge is 0.243 e. The Hall–Kier alpha value is -1.89. The van der Waals surface area contributed by atoms with E-state index < -0.39 is 16.1 Å². The summed E-state index contributed by atoms with van der Waals surface area (Å²) in [5.41, 5.74) is 1.98. The molecule has 3 rings (SSSR count). The highest BCUT2D eigenvalue weighted by Gasteiger charge is 2.39. The molecule has 0 aliphatic carbocycles. The zero-order valence-corrected chi connectivity index (χ0v) is 16.1. The highest BCUT2D eigenvalue weighted by molar-refractivity contribution is 7.89. The van der Waals surface area contributed by atoms with Crippen molar-refractivity contribution in [1.29, 1.82) is 0 Å². The van der Waals surface area contributed by atoms with Crippen molar-refractivity contribution in [2.24, 2.45) is 0 Å². The Balaban J connectivity index is 1.82. The molecule has 2 aromatic carbocycles. The number of aryl methyl sites for hydroxylation is 1. The maximum Gasteiger partial charge on any atom is 0.243 e. The molecule has 0 N–H and O–H groups in total. The van der Waals surface area contributed by atoms with E-state index in [2.05, 4.69) is 0 Å². The Bertz CT molecular complexity index is 869. The number of benzene rings is 2. The van der Waals surface area contributed by atoms with E-state index >= 15 is 0 Å². The summed E-state index contributed by atoms with van der Waals surface area (Å²) < 4.78 is 27.2.